The van der Waals surface area contributed by atoms with Crippen molar-refractivity contribution in [2.45, 2.75) is 174 Å². The van der Waals surface area contributed by atoms with Crippen LogP contribution in [0.25, 0.3) is 5.20 Å². The molecule has 0 aliphatic heterocycles. The van der Waals surface area contributed by atoms with Gasteiger partial charge in [-0.15, -0.1) is 0 Å². The predicted octanol–water partition coefficient (Wildman–Crippen LogP) is 12.1. The summed E-state index contributed by atoms with van der Waals surface area (Å²) < 4.78 is 0. The van der Waals surface area contributed by atoms with E-state index in [4.69, 9.17) is 0 Å². The second-order valence-corrected chi connectivity index (χ2v) is 59.3. The first kappa shape index (κ1) is 39.6. The Hall–Kier alpha value is 0.587. The molecule has 0 fully saturated rings. The minimum atomic E-state index is -1.91. The van der Waals surface area contributed by atoms with Gasteiger partial charge in [-0.1, -0.05) is 0 Å². The van der Waals surface area contributed by atoms with E-state index in [-0.39, 0.29) is 0 Å². The molecule has 0 aromatic heterocycles. The zero-order valence-electron chi connectivity index (χ0n) is 31.5. The van der Waals surface area contributed by atoms with Crippen molar-refractivity contribution in [1.82, 2.24) is 0 Å². The fourth-order valence-electron chi connectivity index (χ4n) is 7.86. The van der Waals surface area contributed by atoms with Crippen molar-refractivity contribution in [3.63, 3.8) is 0 Å². The van der Waals surface area contributed by atoms with Gasteiger partial charge in [0, 0.05) is 0 Å². The van der Waals surface area contributed by atoms with Crippen LogP contribution in [-0.2, 0) is 0 Å². The molecule has 0 heterocycles. The third-order valence-electron chi connectivity index (χ3n) is 12.2. The van der Waals surface area contributed by atoms with Gasteiger partial charge < -0.3 is 0 Å². The number of hydrogen-bond acceptors (Lipinski definition) is 0. The molecule has 3 radical (unpaired) electrons. The molecule has 1 rings (SSSR count). The Morgan fingerprint density at radius 1 is 0.512 bits per heavy atom. The van der Waals surface area contributed by atoms with Crippen LogP contribution < -0.4 is 0 Å². The number of hydrogen-bond donors (Lipinski definition) is 0. The topological polar surface area (TPSA) is 0 Å². The summed E-state index contributed by atoms with van der Waals surface area (Å²) in [7, 11) is -6.54. The second kappa shape index (κ2) is 12.1. The summed E-state index contributed by atoms with van der Waals surface area (Å²) in [6.45, 7) is 55.3. The molecule has 0 bridgehead atoms. The van der Waals surface area contributed by atoms with Crippen molar-refractivity contribution in [1.29, 1.82) is 0 Å². The van der Waals surface area contributed by atoms with Crippen LogP contribution in [-0.4, -0.2) is 52.4 Å². The summed E-state index contributed by atoms with van der Waals surface area (Å²) in [5.74, 6) is 0. The molecule has 0 saturated heterocycles. The average molecular weight is 703 g/mol. The summed E-state index contributed by atoms with van der Waals surface area (Å²) in [5, 5.41) is 3.73. The van der Waals surface area contributed by atoms with E-state index in [0.717, 1.165) is 0 Å². The third-order valence-corrected chi connectivity index (χ3v) is 80.0. The Morgan fingerprint density at radius 2 is 0.780 bits per heavy atom. The molecule has 0 atom stereocenters. The molecular formula is C35H69GeSi5. The Kier molecular flexibility index (Phi) is 11.7. The molecule has 0 amide bonds. The summed E-state index contributed by atoms with van der Waals surface area (Å²) in [6.07, 6.45) is -0.856. The first-order valence-corrected chi connectivity index (χ1v) is 32.7. The second-order valence-electron chi connectivity index (χ2n) is 19.6. The van der Waals surface area contributed by atoms with Gasteiger partial charge in [0.05, 0.1) is 0 Å². The quantitative estimate of drug-likeness (QED) is 0.259. The Morgan fingerprint density at radius 3 is 1.02 bits per heavy atom. The van der Waals surface area contributed by atoms with E-state index >= 15 is 0 Å². The molecule has 1 aromatic rings. The van der Waals surface area contributed by atoms with Crippen LogP contribution >= 0.6 is 0 Å². The van der Waals surface area contributed by atoms with Gasteiger partial charge >= 0.3 is 274 Å². The SMILES string of the molecule is CC(C)(C)[Si](C)([Si](/C=C(/c1ccccc1)[Si](=[Ge])[Si](C)(C(C)(C)C)C(C)(C)C)[Si](C)(C(C)(C)C)C(C)(C)C)C(C)(C)C. The zero-order chi connectivity index (χ0) is 33.1. The average Bonchev–Trinajstić information content (AvgIpc) is 2.73. The van der Waals surface area contributed by atoms with Crippen molar-refractivity contribution in [2.75, 3.05) is 0 Å². The summed E-state index contributed by atoms with van der Waals surface area (Å²) in [5.41, 5.74) is 4.65. The van der Waals surface area contributed by atoms with Gasteiger partial charge in [-0.2, -0.15) is 0 Å². The van der Waals surface area contributed by atoms with Gasteiger partial charge in [-0.05, 0) is 0 Å². The van der Waals surface area contributed by atoms with Crippen molar-refractivity contribution in [2.24, 2.45) is 0 Å². The summed E-state index contributed by atoms with van der Waals surface area (Å²) >= 11 is 2.74. The van der Waals surface area contributed by atoms with Crippen LogP contribution in [0.2, 0.25) is 49.9 Å². The zero-order valence-corrected chi connectivity index (χ0v) is 38.6. The Balaban J connectivity index is 4.64. The molecule has 0 N–H and O–H groups in total. The number of rotatable bonds is 6. The first-order valence-electron chi connectivity index (χ1n) is 16.0. The van der Waals surface area contributed by atoms with E-state index in [1.54, 1.807) is 5.20 Å². The standard InChI is InChI=1S/C35H69GeSi5/c1-30(2,3)39(19,31(4,5)6)37(40(20,32(7,8)9)33(10,11)12)27-29(28-25-23-22-24-26-28)38(36)41(21,34(13,14)15)35(16,17)18/h22-27H,1-21H3/b29-27-. The third kappa shape index (κ3) is 7.05. The van der Waals surface area contributed by atoms with Crippen LogP contribution in [0.1, 0.15) is 130 Å². The molecule has 233 valence electrons. The fraction of sp³-hybridized carbons (Fsp3) is 0.771. The van der Waals surface area contributed by atoms with Crippen LogP contribution in [0.3, 0.4) is 0 Å². The number of benzene rings is 1. The molecule has 6 heteroatoms. The van der Waals surface area contributed by atoms with Crippen molar-refractivity contribution < 1.29 is 0 Å². The van der Waals surface area contributed by atoms with Gasteiger partial charge in [-0.25, -0.2) is 0 Å². The van der Waals surface area contributed by atoms with Crippen LogP contribution in [0, 0.1) is 0 Å². The molecule has 0 aliphatic rings. The van der Waals surface area contributed by atoms with Gasteiger partial charge in [-0.3, -0.25) is 0 Å². The van der Waals surface area contributed by atoms with E-state index in [0.29, 0.717) is 30.2 Å². The van der Waals surface area contributed by atoms with Crippen LogP contribution in [0.4, 0.5) is 0 Å². The fourth-order valence-corrected chi connectivity index (χ4v) is 85.7. The molecule has 0 unspecified atom stereocenters. The molecule has 0 aliphatic carbocycles. The van der Waals surface area contributed by atoms with E-state index in [9.17, 15) is 0 Å². The van der Waals surface area contributed by atoms with Crippen molar-refractivity contribution in [3.05, 3.63) is 41.6 Å². The van der Waals surface area contributed by atoms with E-state index in [1.807, 2.05) is 0 Å². The van der Waals surface area contributed by atoms with Gasteiger partial charge in [0.2, 0.25) is 0 Å². The Bertz CT molecular complexity index is 1010. The van der Waals surface area contributed by atoms with Crippen molar-refractivity contribution in [3.8, 4) is 0 Å². The van der Waals surface area contributed by atoms with Gasteiger partial charge in [0.15, 0.2) is 0 Å². The molecular weight excluding hydrogens is 633 g/mol. The van der Waals surface area contributed by atoms with E-state index in [2.05, 4.69) is 196 Å². The maximum atomic E-state index is 3.13. The molecule has 41 heavy (non-hydrogen) atoms. The molecule has 1 aromatic carbocycles. The van der Waals surface area contributed by atoms with Crippen LogP contribution in [0.15, 0.2) is 36.0 Å². The first-order chi connectivity index (χ1) is 17.7. The summed E-state index contributed by atoms with van der Waals surface area (Å²) in [6, 6.07) is 11.7. The van der Waals surface area contributed by atoms with E-state index in [1.165, 1.54) is 5.56 Å². The van der Waals surface area contributed by atoms with Gasteiger partial charge in [0.1, 0.15) is 0 Å². The Labute approximate surface area is 272 Å². The minimum absolute atomic E-state index is 0.317. The molecule has 0 saturated carbocycles. The summed E-state index contributed by atoms with van der Waals surface area (Å²) in [4.78, 5) is 0. The van der Waals surface area contributed by atoms with E-state index < -0.39 is 37.0 Å². The normalized spacial score (nSPS) is 15.9. The maximum absolute atomic E-state index is 3.13. The van der Waals surface area contributed by atoms with Crippen molar-refractivity contribution >= 4 is 57.6 Å². The monoisotopic (exact) mass is 703 g/mol. The van der Waals surface area contributed by atoms with Crippen LogP contribution in [0.5, 0.6) is 0 Å². The molecule has 0 nitrogen and oxygen atoms in total. The predicted molar refractivity (Wildman–Crippen MR) is 205 cm³/mol. The molecule has 0 spiro atoms. The van der Waals surface area contributed by atoms with Gasteiger partial charge in [0.25, 0.3) is 0 Å².